The van der Waals surface area contributed by atoms with Crippen LogP contribution in [0.15, 0.2) is 47.4 Å². The highest BCUT2D eigenvalue weighted by atomic mass is 32.2. The summed E-state index contributed by atoms with van der Waals surface area (Å²) in [6.45, 7) is 0.108. The predicted octanol–water partition coefficient (Wildman–Crippen LogP) is 2.89. The van der Waals surface area contributed by atoms with E-state index in [4.69, 9.17) is 9.47 Å². The minimum Gasteiger partial charge on any atom is -0.493 e. The van der Waals surface area contributed by atoms with Gasteiger partial charge in [0.05, 0.1) is 25.9 Å². The molecular formula is C18H21NO4S. The molecule has 0 aromatic heterocycles. The maximum atomic E-state index is 12.3. The minimum absolute atomic E-state index is 0.108. The topological polar surface area (TPSA) is 67.8 Å². The number of carbonyl (C=O) groups is 1. The van der Waals surface area contributed by atoms with Crippen molar-refractivity contribution < 1.29 is 19.4 Å². The lowest BCUT2D eigenvalue weighted by Crippen LogP contribution is -2.28. The predicted molar refractivity (Wildman–Crippen MR) is 95.1 cm³/mol. The summed E-state index contributed by atoms with van der Waals surface area (Å²) in [5.74, 6) is 0.916. The van der Waals surface area contributed by atoms with E-state index in [0.717, 1.165) is 4.90 Å². The second-order valence-electron chi connectivity index (χ2n) is 5.04. The lowest BCUT2D eigenvalue weighted by molar-refractivity contribution is 0.0913. The van der Waals surface area contributed by atoms with E-state index in [-0.39, 0.29) is 12.5 Å². The van der Waals surface area contributed by atoms with Crippen LogP contribution in [0.3, 0.4) is 0 Å². The second kappa shape index (κ2) is 8.61. The van der Waals surface area contributed by atoms with Crippen LogP contribution in [0, 0.1) is 0 Å². The number of hydrogen-bond donors (Lipinski definition) is 2. The standard InChI is InChI=1S/C18H21NO4S/c1-22-15-9-8-12(10-16(15)23-2)14(20)11-19-18(21)13-6-4-5-7-17(13)24-3/h4-10,14,20H,11H2,1-3H3,(H,19,21). The summed E-state index contributed by atoms with van der Waals surface area (Å²) in [5, 5.41) is 13.1. The minimum atomic E-state index is -0.838. The summed E-state index contributed by atoms with van der Waals surface area (Å²) in [4.78, 5) is 13.2. The molecular weight excluding hydrogens is 326 g/mol. The third kappa shape index (κ3) is 4.21. The van der Waals surface area contributed by atoms with Gasteiger partial charge >= 0.3 is 0 Å². The van der Waals surface area contributed by atoms with Gasteiger partial charge in [0.25, 0.3) is 5.91 Å². The summed E-state index contributed by atoms with van der Waals surface area (Å²) in [7, 11) is 3.09. The van der Waals surface area contributed by atoms with E-state index >= 15 is 0 Å². The number of thioether (sulfide) groups is 1. The zero-order valence-electron chi connectivity index (χ0n) is 13.9. The SMILES string of the molecule is COc1ccc(C(O)CNC(=O)c2ccccc2SC)cc1OC. The van der Waals surface area contributed by atoms with Crippen LogP contribution in [0.5, 0.6) is 11.5 Å². The fraction of sp³-hybridized carbons (Fsp3) is 0.278. The first kappa shape index (κ1) is 18.2. The fourth-order valence-corrected chi connectivity index (χ4v) is 2.89. The van der Waals surface area contributed by atoms with Gasteiger partial charge in [-0.1, -0.05) is 18.2 Å². The van der Waals surface area contributed by atoms with E-state index in [2.05, 4.69) is 5.32 Å². The van der Waals surface area contributed by atoms with Crippen LogP contribution in [0.2, 0.25) is 0 Å². The Morgan fingerprint density at radius 3 is 2.54 bits per heavy atom. The molecule has 1 unspecified atom stereocenters. The van der Waals surface area contributed by atoms with Gasteiger partial charge in [-0.3, -0.25) is 4.79 Å². The smallest absolute Gasteiger partial charge is 0.252 e. The molecule has 24 heavy (non-hydrogen) atoms. The summed E-state index contributed by atoms with van der Waals surface area (Å²) >= 11 is 1.51. The number of nitrogens with one attached hydrogen (secondary N) is 1. The molecule has 0 fully saturated rings. The number of carbonyl (C=O) groups excluding carboxylic acids is 1. The third-order valence-electron chi connectivity index (χ3n) is 3.60. The number of aliphatic hydroxyl groups is 1. The second-order valence-corrected chi connectivity index (χ2v) is 5.89. The Hall–Kier alpha value is -2.18. The molecule has 128 valence electrons. The van der Waals surface area contributed by atoms with Gasteiger partial charge in [0.2, 0.25) is 0 Å². The average Bonchev–Trinajstić information content (AvgIpc) is 2.64. The first-order chi connectivity index (χ1) is 11.6. The monoisotopic (exact) mass is 347 g/mol. The molecule has 0 saturated carbocycles. The van der Waals surface area contributed by atoms with E-state index in [0.29, 0.717) is 22.6 Å². The number of rotatable bonds is 7. The number of hydrogen-bond acceptors (Lipinski definition) is 5. The van der Waals surface area contributed by atoms with Crippen molar-refractivity contribution in [3.05, 3.63) is 53.6 Å². The van der Waals surface area contributed by atoms with E-state index in [1.165, 1.54) is 18.9 Å². The number of aliphatic hydroxyl groups excluding tert-OH is 1. The Morgan fingerprint density at radius 2 is 1.88 bits per heavy atom. The number of ether oxygens (including phenoxy) is 2. The summed E-state index contributed by atoms with van der Waals surface area (Å²) in [5.41, 5.74) is 1.25. The van der Waals surface area contributed by atoms with Crippen LogP contribution in [0.25, 0.3) is 0 Å². The molecule has 1 atom stereocenters. The first-order valence-electron chi connectivity index (χ1n) is 7.42. The Morgan fingerprint density at radius 1 is 1.17 bits per heavy atom. The Kier molecular flexibility index (Phi) is 6.52. The maximum absolute atomic E-state index is 12.3. The summed E-state index contributed by atoms with van der Waals surface area (Å²) in [6.07, 6.45) is 1.08. The number of amides is 1. The summed E-state index contributed by atoms with van der Waals surface area (Å²) < 4.78 is 10.4. The lowest BCUT2D eigenvalue weighted by Gasteiger charge is -2.15. The van der Waals surface area contributed by atoms with Crippen LogP contribution in [0.1, 0.15) is 22.0 Å². The van der Waals surface area contributed by atoms with Crippen LogP contribution in [0.4, 0.5) is 0 Å². The van der Waals surface area contributed by atoms with Gasteiger partial charge < -0.3 is 19.9 Å². The highest BCUT2D eigenvalue weighted by molar-refractivity contribution is 7.98. The van der Waals surface area contributed by atoms with E-state index in [1.807, 2.05) is 24.5 Å². The van der Waals surface area contributed by atoms with Crippen LogP contribution in [-0.2, 0) is 0 Å². The van der Waals surface area contributed by atoms with Gasteiger partial charge in [-0.25, -0.2) is 0 Å². The normalized spacial score (nSPS) is 11.7. The molecule has 0 radical (unpaired) electrons. The largest absolute Gasteiger partial charge is 0.493 e. The average molecular weight is 347 g/mol. The molecule has 0 heterocycles. The van der Waals surface area contributed by atoms with Crippen molar-refractivity contribution in [2.45, 2.75) is 11.0 Å². The van der Waals surface area contributed by atoms with Crippen LogP contribution < -0.4 is 14.8 Å². The zero-order valence-corrected chi connectivity index (χ0v) is 14.7. The molecule has 2 aromatic rings. The molecule has 5 nitrogen and oxygen atoms in total. The molecule has 0 aliphatic heterocycles. The molecule has 2 N–H and O–H groups in total. The van der Waals surface area contributed by atoms with Crippen LogP contribution in [-0.4, -0.2) is 38.0 Å². The molecule has 0 spiro atoms. The van der Waals surface area contributed by atoms with Gasteiger partial charge in [-0.15, -0.1) is 11.8 Å². The van der Waals surface area contributed by atoms with Crippen molar-refractivity contribution >= 4 is 17.7 Å². The molecule has 0 aliphatic carbocycles. The molecule has 2 rings (SSSR count). The first-order valence-corrected chi connectivity index (χ1v) is 8.64. The van der Waals surface area contributed by atoms with Gasteiger partial charge in [-0.05, 0) is 36.1 Å². The molecule has 0 aliphatic rings. The number of benzene rings is 2. The number of methoxy groups -OCH3 is 2. The Labute approximate surface area is 146 Å². The van der Waals surface area contributed by atoms with Gasteiger partial charge in [-0.2, -0.15) is 0 Å². The Balaban J connectivity index is 2.05. The molecule has 0 bridgehead atoms. The van der Waals surface area contributed by atoms with Crippen molar-refractivity contribution in [3.63, 3.8) is 0 Å². The van der Waals surface area contributed by atoms with Gasteiger partial charge in [0.1, 0.15) is 0 Å². The highest BCUT2D eigenvalue weighted by Crippen LogP contribution is 2.29. The lowest BCUT2D eigenvalue weighted by atomic mass is 10.1. The zero-order chi connectivity index (χ0) is 17.5. The van der Waals surface area contributed by atoms with E-state index in [1.54, 1.807) is 31.4 Å². The molecule has 2 aromatic carbocycles. The molecule has 1 amide bonds. The van der Waals surface area contributed by atoms with Crippen molar-refractivity contribution in [3.8, 4) is 11.5 Å². The quantitative estimate of drug-likeness (QED) is 0.754. The fourth-order valence-electron chi connectivity index (χ4n) is 2.29. The van der Waals surface area contributed by atoms with Crippen molar-refractivity contribution in [2.24, 2.45) is 0 Å². The van der Waals surface area contributed by atoms with Gasteiger partial charge in [0.15, 0.2) is 11.5 Å². The Bertz CT molecular complexity index is 705. The molecule has 0 saturated heterocycles. The van der Waals surface area contributed by atoms with E-state index < -0.39 is 6.10 Å². The van der Waals surface area contributed by atoms with Gasteiger partial charge in [0, 0.05) is 11.4 Å². The van der Waals surface area contributed by atoms with Crippen molar-refractivity contribution in [1.29, 1.82) is 0 Å². The summed E-state index contributed by atoms with van der Waals surface area (Å²) in [6, 6.07) is 12.5. The molecule has 6 heteroatoms. The van der Waals surface area contributed by atoms with E-state index in [9.17, 15) is 9.90 Å². The third-order valence-corrected chi connectivity index (χ3v) is 4.40. The van der Waals surface area contributed by atoms with Crippen molar-refractivity contribution in [2.75, 3.05) is 27.0 Å². The highest BCUT2D eigenvalue weighted by Gasteiger charge is 2.15. The van der Waals surface area contributed by atoms with Crippen molar-refractivity contribution in [1.82, 2.24) is 5.32 Å². The maximum Gasteiger partial charge on any atom is 0.252 e. The van der Waals surface area contributed by atoms with Crippen LogP contribution >= 0.6 is 11.8 Å².